The second-order valence-electron chi connectivity index (χ2n) is 8.69. The Bertz CT molecular complexity index is 1070. The highest BCUT2D eigenvalue weighted by Crippen LogP contribution is 2.25. The first-order valence-corrected chi connectivity index (χ1v) is 11.9. The van der Waals surface area contributed by atoms with E-state index in [4.69, 9.17) is 4.74 Å². The van der Waals surface area contributed by atoms with Crippen LogP contribution in [0.15, 0.2) is 72.8 Å². The number of hydrogen-bond donors (Lipinski definition) is 1. The van der Waals surface area contributed by atoms with Crippen LogP contribution in [0.5, 0.6) is 5.75 Å². The van der Waals surface area contributed by atoms with Crippen molar-refractivity contribution in [1.82, 2.24) is 10.2 Å². The summed E-state index contributed by atoms with van der Waals surface area (Å²) in [6.07, 6.45) is 4.87. The summed E-state index contributed by atoms with van der Waals surface area (Å²) in [6, 6.07) is 23.3. The fourth-order valence-corrected chi connectivity index (χ4v) is 4.61. The maximum atomic E-state index is 13.4. The number of nitrogens with zero attached hydrogens (tertiary/aromatic N) is 1. The molecular weight excluding hydrogens is 412 g/mol. The average Bonchev–Trinajstić information content (AvgIpc) is 3.36. The Balaban J connectivity index is 1.52. The molecule has 0 saturated heterocycles. The highest BCUT2D eigenvalue weighted by molar-refractivity contribution is 5.90. The number of nitrogens with one attached hydrogen (secondary N) is 1. The predicted octanol–water partition coefficient (Wildman–Crippen LogP) is 5.08. The van der Waals surface area contributed by atoms with Crippen molar-refractivity contribution in [3.05, 3.63) is 78.4 Å². The minimum atomic E-state index is -0.533. The van der Waals surface area contributed by atoms with Gasteiger partial charge >= 0.3 is 0 Å². The van der Waals surface area contributed by atoms with Crippen molar-refractivity contribution in [2.45, 2.75) is 57.7 Å². The van der Waals surface area contributed by atoms with Crippen LogP contribution in [0.1, 0.15) is 44.6 Å². The van der Waals surface area contributed by atoms with Crippen molar-refractivity contribution in [1.29, 1.82) is 0 Å². The molecule has 0 spiro atoms. The van der Waals surface area contributed by atoms with E-state index < -0.39 is 6.04 Å². The summed E-state index contributed by atoms with van der Waals surface area (Å²) >= 11 is 0. The van der Waals surface area contributed by atoms with Crippen molar-refractivity contribution in [2.75, 3.05) is 6.61 Å². The van der Waals surface area contributed by atoms with Gasteiger partial charge in [-0.3, -0.25) is 9.59 Å². The number of amides is 2. The molecule has 4 rings (SSSR count). The van der Waals surface area contributed by atoms with Gasteiger partial charge in [0.1, 0.15) is 11.8 Å². The lowest BCUT2D eigenvalue weighted by Crippen LogP contribution is -2.52. The van der Waals surface area contributed by atoms with Gasteiger partial charge in [0.15, 0.2) is 6.61 Å². The first kappa shape index (κ1) is 22.8. The topological polar surface area (TPSA) is 58.6 Å². The summed E-state index contributed by atoms with van der Waals surface area (Å²) in [7, 11) is 0. The van der Waals surface area contributed by atoms with Gasteiger partial charge in [0.2, 0.25) is 5.91 Å². The maximum Gasteiger partial charge on any atom is 0.261 e. The molecule has 33 heavy (non-hydrogen) atoms. The van der Waals surface area contributed by atoms with Gasteiger partial charge in [0.25, 0.3) is 5.91 Å². The lowest BCUT2D eigenvalue weighted by molar-refractivity contribution is -0.143. The smallest absolute Gasteiger partial charge is 0.261 e. The van der Waals surface area contributed by atoms with Crippen molar-refractivity contribution in [2.24, 2.45) is 0 Å². The molecule has 1 aliphatic carbocycles. The first-order chi connectivity index (χ1) is 16.2. The van der Waals surface area contributed by atoms with Crippen LogP contribution in [-0.4, -0.2) is 35.4 Å². The van der Waals surface area contributed by atoms with Crippen LogP contribution in [0.2, 0.25) is 0 Å². The van der Waals surface area contributed by atoms with Crippen molar-refractivity contribution in [3.8, 4) is 5.75 Å². The van der Waals surface area contributed by atoms with E-state index in [9.17, 15) is 9.59 Å². The lowest BCUT2D eigenvalue weighted by atomic mass is 10.1. The SMILES string of the molecule is CCC(C(=O)NC1CCCC1)N(Cc1ccccc1)C(=O)COc1cccc2ccccc12. The fourth-order valence-electron chi connectivity index (χ4n) is 4.61. The van der Waals surface area contributed by atoms with Gasteiger partial charge in [-0.25, -0.2) is 0 Å². The molecule has 5 nitrogen and oxygen atoms in total. The molecule has 1 unspecified atom stereocenters. The number of carbonyl (C=O) groups excluding carboxylic acids is 2. The molecule has 0 aliphatic heterocycles. The molecule has 172 valence electrons. The fraction of sp³-hybridized carbons (Fsp3) is 0.357. The van der Waals surface area contributed by atoms with E-state index >= 15 is 0 Å². The summed E-state index contributed by atoms with van der Waals surface area (Å²) in [4.78, 5) is 28.3. The molecule has 0 bridgehead atoms. The number of fused-ring (bicyclic) bond motifs is 1. The zero-order valence-corrected chi connectivity index (χ0v) is 19.2. The second-order valence-corrected chi connectivity index (χ2v) is 8.69. The van der Waals surface area contributed by atoms with Crippen molar-refractivity contribution >= 4 is 22.6 Å². The normalized spacial score (nSPS) is 14.7. The third-order valence-corrected chi connectivity index (χ3v) is 6.38. The summed E-state index contributed by atoms with van der Waals surface area (Å²) in [5.41, 5.74) is 0.989. The first-order valence-electron chi connectivity index (χ1n) is 11.9. The van der Waals surface area contributed by atoms with Gasteiger partial charge in [-0.2, -0.15) is 0 Å². The number of ether oxygens (including phenoxy) is 1. The molecule has 0 aromatic heterocycles. The highest BCUT2D eigenvalue weighted by Gasteiger charge is 2.30. The van der Waals surface area contributed by atoms with Crippen LogP contribution in [0, 0.1) is 0 Å². The minimum Gasteiger partial charge on any atom is -0.483 e. The van der Waals surface area contributed by atoms with Crippen LogP contribution in [0.3, 0.4) is 0 Å². The zero-order chi connectivity index (χ0) is 23.0. The lowest BCUT2D eigenvalue weighted by Gasteiger charge is -2.31. The van der Waals surface area contributed by atoms with Crippen LogP contribution in [0.4, 0.5) is 0 Å². The van der Waals surface area contributed by atoms with Gasteiger partial charge in [-0.1, -0.05) is 86.5 Å². The molecular formula is C28H32N2O3. The molecule has 3 aromatic rings. The Kier molecular flexibility index (Phi) is 7.61. The van der Waals surface area contributed by atoms with Crippen molar-refractivity contribution in [3.63, 3.8) is 0 Å². The standard InChI is InChI=1S/C28H32N2O3/c1-2-25(28(32)29-23-15-7-8-16-23)30(19-21-11-4-3-5-12-21)27(31)20-33-26-18-10-14-22-13-6-9-17-24(22)26/h3-6,9-14,17-18,23,25H,2,7-8,15-16,19-20H2,1H3,(H,29,32). The summed E-state index contributed by atoms with van der Waals surface area (Å²) in [6.45, 7) is 2.21. The van der Waals surface area contributed by atoms with Crippen LogP contribution in [-0.2, 0) is 16.1 Å². The molecule has 1 saturated carbocycles. The van der Waals surface area contributed by atoms with Gasteiger partial charge in [-0.15, -0.1) is 0 Å². The van der Waals surface area contributed by atoms with E-state index in [0.29, 0.717) is 18.7 Å². The molecule has 1 aliphatic rings. The van der Waals surface area contributed by atoms with E-state index in [1.54, 1.807) is 4.90 Å². The van der Waals surface area contributed by atoms with E-state index in [0.717, 1.165) is 42.0 Å². The Morgan fingerprint density at radius 2 is 1.67 bits per heavy atom. The molecule has 1 atom stereocenters. The summed E-state index contributed by atoms with van der Waals surface area (Å²) in [5.74, 6) is 0.406. The molecule has 5 heteroatoms. The zero-order valence-electron chi connectivity index (χ0n) is 19.2. The molecule has 0 radical (unpaired) electrons. The summed E-state index contributed by atoms with van der Waals surface area (Å²) < 4.78 is 5.98. The highest BCUT2D eigenvalue weighted by atomic mass is 16.5. The molecule has 2 amide bonds. The largest absolute Gasteiger partial charge is 0.483 e. The van der Waals surface area contributed by atoms with Crippen LogP contribution < -0.4 is 10.1 Å². The predicted molar refractivity (Wildman–Crippen MR) is 131 cm³/mol. The Hall–Kier alpha value is -3.34. The number of carbonyl (C=O) groups is 2. The number of hydrogen-bond acceptors (Lipinski definition) is 3. The minimum absolute atomic E-state index is 0.0705. The Morgan fingerprint density at radius 1 is 0.970 bits per heavy atom. The third-order valence-electron chi connectivity index (χ3n) is 6.38. The van der Waals surface area contributed by atoms with Gasteiger partial charge in [-0.05, 0) is 36.3 Å². The van der Waals surface area contributed by atoms with E-state index in [1.165, 1.54) is 0 Å². The van der Waals surface area contributed by atoms with Crippen LogP contribution in [0.25, 0.3) is 10.8 Å². The average molecular weight is 445 g/mol. The van der Waals surface area contributed by atoms with Gasteiger partial charge < -0.3 is 15.0 Å². The number of rotatable bonds is 9. The quantitative estimate of drug-likeness (QED) is 0.500. The monoisotopic (exact) mass is 444 g/mol. The molecule has 1 N–H and O–H groups in total. The Morgan fingerprint density at radius 3 is 2.42 bits per heavy atom. The summed E-state index contributed by atoms with van der Waals surface area (Å²) in [5, 5.41) is 5.20. The van der Waals surface area contributed by atoms with E-state index in [-0.39, 0.29) is 24.5 Å². The van der Waals surface area contributed by atoms with Crippen molar-refractivity contribution < 1.29 is 14.3 Å². The second kappa shape index (κ2) is 11.0. The van der Waals surface area contributed by atoms with E-state index in [2.05, 4.69) is 5.32 Å². The maximum absolute atomic E-state index is 13.4. The van der Waals surface area contributed by atoms with Gasteiger partial charge in [0, 0.05) is 18.0 Å². The van der Waals surface area contributed by atoms with E-state index in [1.807, 2.05) is 79.7 Å². The number of benzene rings is 3. The third kappa shape index (κ3) is 5.72. The Labute approximate surface area is 195 Å². The molecule has 0 heterocycles. The van der Waals surface area contributed by atoms with Crippen LogP contribution >= 0.6 is 0 Å². The molecule has 1 fully saturated rings. The van der Waals surface area contributed by atoms with Gasteiger partial charge in [0.05, 0.1) is 0 Å². The molecule has 3 aromatic carbocycles.